The van der Waals surface area contributed by atoms with Crippen LogP contribution in [0.25, 0.3) is 0 Å². The van der Waals surface area contributed by atoms with Crippen LogP contribution in [0.1, 0.15) is 36.8 Å². The summed E-state index contributed by atoms with van der Waals surface area (Å²) in [5.41, 5.74) is 1.59. The first-order valence-corrected chi connectivity index (χ1v) is 13.5. The van der Waals surface area contributed by atoms with Crippen LogP contribution in [-0.4, -0.2) is 80.9 Å². The molecule has 0 spiro atoms. The van der Waals surface area contributed by atoms with Crippen molar-refractivity contribution in [3.63, 3.8) is 0 Å². The smallest absolute Gasteiger partial charge is 0.257 e. The Bertz CT molecular complexity index is 1100. The van der Waals surface area contributed by atoms with E-state index >= 15 is 0 Å². The second-order valence-corrected chi connectivity index (χ2v) is 11.1. The van der Waals surface area contributed by atoms with Gasteiger partial charge in [-0.3, -0.25) is 19.4 Å². The second kappa shape index (κ2) is 11.8. The molecule has 10 heteroatoms. The maximum atomic E-state index is 13.4. The number of carbonyl (C=O) groups is 1. The number of carbonyl (C=O) groups excluding carboxylic acids is 1. The van der Waals surface area contributed by atoms with Crippen LogP contribution in [0, 0.1) is 5.92 Å². The Morgan fingerprint density at radius 2 is 1.97 bits per heavy atom. The van der Waals surface area contributed by atoms with Crippen molar-refractivity contribution in [1.82, 2.24) is 14.8 Å². The molecule has 0 radical (unpaired) electrons. The lowest BCUT2D eigenvalue weighted by Gasteiger charge is -2.35. The van der Waals surface area contributed by atoms with E-state index in [0.717, 1.165) is 12.2 Å². The van der Waals surface area contributed by atoms with Gasteiger partial charge in [-0.25, -0.2) is 8.42 Å². The largest absolute Gasteiger partial charge is 0.491 e. The first-order chi connectivity index (χ1) is 16.6. The molecule has 0 bridgehead atoms. The fraction of sp³-hybridized carbons (Fsp3) is 0.520. The highest BCUT2D eigenvalue weighted by atomic mass is 32.2. The number of anilines is 1. The van der Waals surface area contributed by atoms with Crippen LogP contribution in [-0.2, 0) is 21.3 Å². The molecule has 2 heterocycles. The molecule has 0 unspecified atom stereocenters. The van der Waals surface area contributed by atoms with Crippen molar-refractivity contribution in [2.45, 2.75) is 39.5 Å². The summed E-state index contributed by atoms with van der Waals surface area (Å²) in [5, 5.41) is 0. The molecule has 192 valence electrons. The molecule has 1 aliphatic rings. The lowest BCUT2D eigenvalue weighted by atomic mass is 10.0. The van der Waals surface area contributed by atoms with E-state index in [2.05, 4.69) is 28.5 Å². The number of fused-ring (bicyclic) bond motifs is 1. The predicted octanol–water partition coefficient (Wildman–Crippen LogP) is 2.85. The van der Waals surface area contributed by atoms with Crippen LogP contribution in [0.5, 0.6) is 5.75 Å². The normalized spacial score (nSPS) is 22.5. The molecule has 2 aromatic rings. The Labute approximate surface area is 208 Å². The summed E-state index contributed by atoms with van der Waals surface area (Å²) in [6.45, 7) is 7.89. The van der Waals surface area contributed by atoms with E-state index in [0.29, 0.717) is 36.7 Å². The van der Waals surface area contributed by atoms with Crippen LogP contribution in [0.3, 0.4) is 0 Å². The molecule has 35 heavy (non-hydrogen) atoms. The van der Waals surface area contributed by atoms with Crippen molar-refractivity contribution in [3.05, 3.63) is 53.9 Å². The van der Waals surface area contributed by atoms with Crippen molar-refractivity contribution in [2.24, 2.45) is 5.92 Å². The first-order valence-electron chi connectivity index (χ1n) is 11.8. The lowest BCUT2D eigenvalue weighted by molar-refractivity contribution is 0.00901. The topological polar surface area (TPSA) is 101 Å². The Kier molecular flexibility index (Phi) is 9.09. The van der Waals surface area contributed by atoms with E-state index in [1.807, 2.05) is 18.2 Å². The van der Waals surface area contributed by atoms with E-state index in [9.17, 15) is 13.2 Å². The van der Waals surface area contributed by atoms with Crippen molar-refractivity contribution in [1.29, 1.82) is 0 Å². The van der Waals surface area contributed by atoms with Crippen LogP contribution >= 0.6 is 0 Å². The van der Waals surface area contributed by atoms with Gasteiger partial charge in [0.05, 0.1) is 23.1 Å². The zero-order valence-corrected chi connectivity index (χ0v) is 21.9. The zero-order valence-electron chi connectivity index (χ0n) is 21.1. The maximum Gasteiger partial charge on any atom is 0.257 e. The molecule has 1 amide bonds. The number of amides is 1. The third-order valence-electron chi connectivity index (χ3n) is 6.32. The summed E-state index contributed by atoms with van der Waals surface area (Å²) in [5.74, 6) is 0.216. The van der Waals surface area contributed by atoms with Gasteiger partial charge in [-0.2, -0.15) is 0 Å². The number of hydrogen-bond donors (Lipinski definition) is 1. The minimum atomic E-state index is -3.48. The molecular weight excluding hydrogens is 468 g/mol. The molecule has 1 N–H and O–H groups in total. The molecule has 0 aliphatic carbocycles. The van der Waals surface area contributed by atoms with Crippen molar-refractivity contribution in [2.75, 3.05) is 44.3 Å². The van der Waals surface area contributed by atoms with Gasteiger partial charge < -0.3 is 14.4 Å². The van der Waals surface area contributed by atoms with Crippen LogP contribution < -0.4 is 9.46 Å². The van der Waals surface area contributed by atoms with Crippen LogP contribution in [0.15, 0.2) is 42.6 Å². The monoisotopic (exact) mass is 504 g/mol. The van der Waals surface area contributed by atoms with Gasteiger partial charge in [0.25, 0.3) is 5.91 Å². The summed E-state index contributed by atoms with van der Waals surface area (Å²) >= 11 is 0. The van der Waals surface area contributed by atoms with E-state index in [-0.39, 0.29) is 29.7 Å². The third-order valence-corrected chi connectivity index (χ3v) is 7.63. The quantitative estimate of drug-likeness (QED) is 0.646. The molecule has 0 saturated carbocycles. The summed E-state index contributed by atoms with van der Waals surface area (Å²) < 4.78 is 38.6. The number of rotatable bonds is 6. The van der Waals surface area contributed by atoms with Gasteiger partial charge >= 0.3 is 0 Å². The molecule has 1 aromatic heterocycles. The SMILES string of the molecule is CCS(=O)(=O)Nc1ccc2c(c1)C(=O)N(C)C[C@@H](OC)[C@H](C)CN(Cc1ccccn1)[C@H](C)CO2. The highest BCUT2D eigenvalue weighted by Gasteiger charge is 2.28. The summed E-state index contributed by atoms with van der Waals surface area (Å²) in [4.78, 5) is 21.8. The fourth-order valence-corrected chi connectivity index (χ4v) is 4.72. The van der Waals surface area contributed by atoms with Gasteiger partial charge in [-0.05, 0) is 50.1 Å². The molecule has 1 aliphatic heterocycles. The number of benzene rings is 1. The van der Waals surface area contributed by atoms with Crippen molar-refractivity contribution < 1.29 is 22.7 Å². The molecule has 1 aromatic carbocycles. The van der Waals surface area contributed by atoms with Gasteiger partial charge in [0.2, 0.25) is 10.0 Å². The summed E-state index contributed by atoms with van der Waals surface area (Å²) in [6.07, 6.45) is 1.60. The molecular formula is C25H36N4O5S. The van der Waals surface area contributed by atoms with E-state index in [4.69, 9.17) is 9.47 Å². The number of methoxy groups -OCH3 is 1. The van der Waals surface area contributed by atoms with Gasteiger partial charge in [-0.1, -0.05) is 13.0 Å². The van der Waals surface area contributed by atoms with E-state index in [1.54, 1.807) is 44.3 Å². The standard InChI is InChI=1S/C25H36N4O5S/c1-6-35(31,32)27-20-10-11-23-22(13-20)25(30)28(4)16-24(33-5)18(2)14-29(19(3)17-34-23)15-21-9-7-8-12-26-21/h7-13,18-19,24,27H,6,14-17H2,1-5H3/t18-,19-,24-/m1/s1. The van der Waals surface area contributed by atoms with E-state index < -0.39 is 10.0 Å². The molecule has 0 fully saturated rings. The second-order valence-electron chi connectivity index (χ2n) is 9.06. The van der Waals surface area contributed by atoms with Crippen molar-refractivity contribution >= 4 is 21.6 Å². The van der Waals surface area contributed by atoms with Gasteiger partial charge in [0.15, 0.2) is 0 Å². The zero-order chi connectivity index (χ0) is 25.6. The van der Waals surface area contributed by atoms with Gasteiger partial charge in [-0.15, -0.1) is 0 Å². The first kappa shape index (κ1) is 26.9. The number of nitrogens with zero attached hydrogens (tertiary/aromatic N) is 3. The number of pyridine rings is 1. The summed E-state index contributed by atoms with van der Waals surface area (Å²) in [7, 11) is -0.109. The van der Waals surface area contributed by atoms with Gasteiger partial charge in [0, 0.05) is 51.7 Å². The fourth-order valence-electron chi connectivity index (χ4n) is 4.09. The average Bonchev–Trinajstić information content (AvgIpc) is 2.85. The maximum absolute atomic E-state index is 13.4. The molecule has 3 atom stereocenters. The predicted molar refractivity (Wildman–Crippen MR) is 136 cm³/mol. The minimum absolute atomic E-state index is 0.0235. The average molecular weight is 505 g/mol. The van der Waals surface area contributed by atoms with E-state index in [1.165, 1.54) is 6.07 Å². The Morgan fingerprint density at radius 1 is 1.20 bits per heavy atom. The van der Waals surface area contributed by atoms with Gasteiger partial charge in [0.1, 0.15) is 12.4 Å². The summed E-state index contributed by atoms with van der Waals surface area (Å²) in [6, 6.07) is 10.7. The number of aromatic nitrogens is 1. The number of sulfonamides is 1. The Morgan fingerprint density at radius 3 is 2.63 bits per heavy atom. The highest BCUT2D eigenvalue weighted by molar-refractivity contribution is 7.92. The number of ether oxygens (including phenoxy) is 2. The van der Waals surface area contributed by atoms with Crippen molar-refractivity contribution in [3.8, 4) is 5.75 Å². The molecule has 3 rings (SSSR count). The third kappa shape index (κ3) is 7.16. The number of likely N-dealkylation sites (N-methyl/N-ethyl adjacent to an activating group) is 1. The molecule has 9 nitrogen and oxygen atoms in total. The minimum Gasteiger partial charge on any atom is -0.491 e. The number of hydrogen-bond acceptors (Lipinski definition) is 7. The Hall–Kier alpha value is -2.69. The van der Waals surface area contributed by atoms with Crippen LogP contribution in [0.2, 0.25) is 0 Å². The van der Waals surface area contributed by atoms with Crippen LogP contribution in [0.4, 0.5) is 5.69 Å². The highest BCUT2D eigenvalue weighted by Crippen LogP contribution is 2.27. The number of nitrogens with one attached hydrogen (secondary N) is 1. The molecule has 0 saturated heterocycles. The Balaban J connectivity index is 1.95. The lowest BCUT2D eigenvalue weighted by Crippen LogP contribution is -2.46.